The zero-order valence-electron chi connectivity index (χ0n) is 16.6. The Kier molecular flexibility index (Phi) is 5.43. The molecular formula is C20H16ClF3IN3O2S. The summed E-state index contributed by atoms with van der Waals surface area (Å²) in [7, 11) is -2.16. The molecule has 0 saturated carbocycles. The van der Waals surface area contributed by atoms with Crippen LogP contribution in [0.1, 0.15) is 17.0 Å². The first kappa shape index (κ1) is 22.6. The van der Waals surface area contributed by atoms with Crippen molar-refractivity contribution >= 4 is 44.2 Å². The minimum absolute atomic E-state index is 0.0300. The van der Waals surface area contributed by atoms with Crippen molar-refractivity contribution in [3.63, 3.8) is 0 Å². The average molecular weight is 582 g/mol. The van der Waals surface area contributed by atoms with Gasteiger partial charge in [0.25, 0.3) is 0 Å². The predicted octanol–water partition coefficient (Wildman–Crippen LogP) is 4.59. The van der Waals surface area contributed by atoms with Gasteiger partial charge in [-0.3, -0.25) is 4.68 Å². The molecule has 0 radical (unpaired) electrons. The quantitative estimate of drug-likeness (QED) is 0.335. The second-order valence-electron chi connectivity index (χ2n) is 7.43. The van der Waals surface area contributed by atoms with Gasteiger partial charge in [0.2, 0.25) is 10.0 Å². The van der Waals surface area contributed by atoms with Gasteiger partial charge in [-0.2, -0.15) is 9.40 Å². The highest BCUT2D eigenvalue weighted by Crippen LogP contribution is 2.55. The van der Waals surface area contributed by atoms with Crippen LogP contribution in [0.3, 0.4) is 0 Å². The molecule has 1 saturated heterocycles. The Morgan fingerprint density at radius 2 is 1.84 bits per heavy atom. The van der Waals surface area contributed by atoms with Crippen LogP contribution in [0.4, 0.5) is 13.2 Å². The Labute approximate surface area is 196 Å². The molecule has 0 N–H and O–H groups in total. The average Bonchev–Trinajstić information content (AvgIpc) is 3.28. The summed E-state index contributed by atoms with van der Waals surface area (Å²) < 4.78 is 70.5. The van der Waals surface area contributed by atoms with Gasteiger partial charge in [-0.15, -0.1) is 0 Å². The van der Waals surface area contributed by atoms with Crippen LogP contribution >= 0.6 is 34.2 Å². The molecule has 2 aromatic carbocycles. The topological polar surface area (TPSA) is 55.0 Å². The van der Waals surface area contributed by atoms with E-state index < -0.39 is 33.0 Å². The van der Waals surface area contributed by atoms with E-state index in [1.807, 2.05) is 0 Å². The lowest BCUT2D eigenvalue weighted by molar-refractivity contribution is 0.500. The predicted molar refractivity (Wildman–Crippen MR) is 120 cm³/mol. The maximum absolute atomic E-state index is 15.1. The molecule has 1 aliphatic heterocycles. The molecule has 164 valence electrons. The lowest BCUT2D eigenvalue weighted by Gasteiger charge is -2.22. The Morgan fingerprint density at radius 3 is 2.39 bits per heavy atom. The maximum atomic E-state index is 15.1. The van der Waals surface area contributed by atoms with E-state index in [1.165, 1.54) is 16.8 Å². The fourth-order valence-electron chi connectivity index (χ4n) is 4.17. The third-order valence-corrected chi connectivity index (χ3v) is 7.73. The van der Waals surface area contributed by atoms with Gasteiger partial charge in [0.05, 0.1) is 22.7 Å². The van der Waals surface area contributed by atoms with Crippen LogP contribution in [-0.4, -0.2) is 35.3 Å². The molecule has 0 spiro atoms. The fourth-order valence-corrected chi connectivity index (χ4v) is 6.60. The highest BCUT2D eigenvalue weighted by atomic mass is 127. The fraction of sp³-hybridized carbons (Fsp3) is 0.250. The van der Waals surface area contributed by atoms with Crippen molar-refractivity contribution in [2.75, 3.05) is 12.8 Å². The number of aromatic nitrogens is 2. The van der Waals surface area contributed by atoms with E-state index in [-0.39, 0.29) is 20.7 Å². The van der Waals surface area contributed by atoms with Crippen LogP contribution in [0, 0.1) is 27.9 Å². The molecule has 0 amide bonds. The summed E-state index contributed by atoms with van der Waals surface area (Å²) in [4.78, 5) is 0. The summed E-state index contributed by atoms with van der Waals surface area (Å²) >= 11 is 8.10. The van der Waals surface area contributed by atoms with Gasteiger partial charge < -0.3 is 0 Å². The second-order valence-corrected chi connectivity index (χ2v) is 10.9. The molecule has 1 aromatic heterocycles. The smallest absolute Gasteiger partial charge is 0.212 e. The highest BCUT2D eigenvalue weighted by molar-refractivity contribution is 14.1. The van der Waals surface area contributed by atoms with Gasteiger partial charge in [0.15, 0.2) is 0 Å². The van der Waals surface area contributed by atoms with Gasteiger partial charge in [-0.25, -0.2) is 21.6 Å². The first-order valence-electron chi connectivity index (χ1n) is 9.00. The molecule has 0 aliphatic carbocycles. The molecular weight excluding hydrogens is 566 g/mol. The van der Waals surface area contributed by atoms with E-state index in [9.17, 15) is 17.2 Å². The lowest BCUT2D eigenvalue weighted by atomic mass is 9.89. The zero-order valence-corrected chi connectivity index (χ0v) is 20.3. The molecule has 2 atom stereocenters. The minimum atomic E-state index is -3.76. The normalized spacial score (nSPS) is 20.8. The van der Waals surface area contributed by atoms with Crippen LogP contribution in [0.25, 0.3) is 11.1 Å². The Morgan fingerprint density at radius 1 is 1.16 bits per heavy atom. The molecule has 1 aliphatic rings. The number of sulfonamides is 1. The summed E-state index contributed by atoms with van der Waals surface area (Å²) in [5, 5.41) is 4.52. The van der Waals surface area contributed by atoms with Gasteiger partial charge in [-0.05, 0) is 53.8 Å². The molecule has 2 unspecified atom stereocenters. The van der Waals surface area contributed by atoms with Crippen molar-refractivity contribution in [3.05, 3.63) is 73.3 Å². The molecule has 1 fully saturated rings. The third kappa shape index (κ3) is 3.57. The van der Waals surface area contributed by atoms with Crippen molar-refractivity contribution in [1.29, 1.82) is 0 Å². The van der Waals surface area contributed by atoms with Crippen molar-refractivity contribution < 1.29 is 21.6 Å². The summed E-state index contributed by atoms with van der Waals surface area (Å²) in [5.41, 5.74) is 0.349. The summed E-state index contributed by atoms with van der Waals surface area (Å²) in [6, 6.07) is 5.72. The van der Waals surface area contributed by atoms with Gasteiger partial charge in [0, 0.05) is 39.9 Å². The number of aryl methyl sites for hydroxylation is 2. The molecule has 2 heterocycles. The second kappa shape index (κ2) is 7.46. The number of benzene rings is 2. The first-order valence-corrected chi connectivity index (χ1v) is 12.3. The summed E-state index contributed by atoms with van der Waals surface area (Å²) in [6.07, 6.45) is 1.02. The van der Waals surface area contributed by atoms with Crippen molar-refractivity contribution in [1.82, 2.24) is 14.1 Å². The van der Waals surface area contributed by atoms with E-state index in [1.54, 1.807) is 36.6 Å². The van der Waals surface area contributed by atoms with Crippen molar-refractivity contribution in [2.45, 2.75) is 12.5 Å². The van der Waals surface area contributed by atoms with Crippen LogP contribution < -0.4 is 0 Å². The van der Waals surface area contributed by atoms with Crippen molar-refractivity contribution in [3.8, 4) is 11.1 Å². The van der Waals surface area contributed by atoms with E-state index in [0.29, 0.717) is 22.5 Å². The molecule has 11 heteroatoms. The van der Waals surface area contributed by atoms with Crippen LogP contribution in [0.2, 0.25) is 5.02 Å². The zero-order chi connectivity index (χ0) is 22.9. The first-order chi connectivity index (χ1) is 14.4. The van der Waals surface area contributed by atoms with Crippen LogP contribution in [0.15, 0.2) is 30.3 Å². The number of nitrogens with zero attached hydrogens (tertiary/aromatic N) is 3. The minimum Gasteiger partial charge on any atom is -0.269 e. The number of halogens is 5. The number of hydrogen-bond acceptors (Lipinski definition) is 3. The monoisotopic (exact) mass is 581 g/mol. The standard InChI is InChI=1S/C20H16ClF3IN3O2S/c1-10-17(13-5-4-11(22)6-14(13)21)19(27(2)26-10)20(9-28(20)31(3,29)30)18-15(24)7-12(23)8-16(18)25/h4-8H,9H2,1-3H3. The third-order valence-electron chi connectivity index (χ3n) is 5.33. The Bertz CT molecular complexity index is 1320. The van der Waals surface area contributed by atoms with Gasteiger partial charge in [0.1, 0.15) is 23.0 Å². The molecule has 31 heavy (non-hydrogen) atoms. The van der Waals surface area contributed by atoms with Gasteiger partial charge in [-0.1, -0.05) is 11.6 Å². The number of rotatable bonds is 4. The van der Waals surface area contributed by atoms with E-state index in [2.05, 4.69) is 5.10 Å². The lowest BCUT2D eigenvalue weighted by Crippen LogP contribution is -2.28. The Balaban J connectivity index is 2.09. The van der Waals surface area contributed by atoms with Gasteiger partial charge >= 0.3 is 0 Å². The van der Waals surface area contributed by atoms with E-state index in [0.717, 1.165) is 28.8 Å². The number of hydrogen-bond donors (Lipinski definition) is 0. The molecule has 4 rings (SSSR count). The van der Waals surface area contributed by atoms with Crippen LogP contribution in [-0.2, 0) is 22.6 Å². The Hall–Kier alpha value is -1.63. The van der Waals surface area contributed by atoms with E-state index in [4.69, 9.17) is 11.6 Å². The summed E-state index contributed by atoms with van der Waals surface area (Å²) in [6.45, 7) is 1.64. The molecule has 3 aromatic rings. The van der Waals surface area contributed by atoms with Crippen molar-refractivity contribution in [2.24, 2.45) is 7.05 Å². The highest BCUT2D eigenvalue weighted by Gasteiger charge is 2.64. The summed E-state index contributed by atoms with van der Waals surface area (Å²) in [5.74, 6) is -2.17. The molecule has 0 bridgehead atoms. The molecule has 5 nitrogen and oxygen atoms in total. The largest absolute Gasteiger partial charge is 0.269 e. The van der Waals surface area contributed by atoms with E-state index >= 15 is 4.39 Å². The SMILES string of the molecule is Cc1nn(C)c(C2(c3c(F)cc(F)cc3I)CN2S(C)(=O)=O)c1-c1ccc(F)cc1Cl. The maximum Gasteiger partial charge on any atom is 0.212 e. The van der Waals surface area contributed by atoms with Crippen LogP contribution in [0.5, 0.6) is 0 Å².